The van der Waals surface area contributed by atoms with Crippen LogP contribution >= 0.6 is 0 Å². The van der Waals surface area contributed by atoms with Crippen LogP contribution in [0.3, 0.4) is 0 Å². The zero-order chi connectivity index (χ0) is 14.9. The summed E-state index contributed by atoms with van der Waals surface area (Å²) in [7, 11) is 0. The van der Waals surface area contributed by atoms with E-state index in [-0.39, 0.29) is 0 Å². The van der Waals surface area contributed by atoms with Gasteiger partial charge in [-0.3, -0.25) is 0 Å². The Hall–Kier alpha value is -1.10. The Bertz CT molecular complexity index is 406. The molecule has 0 aromatic heterocycles. The van der Waals surface area contributed by atoms with Gasteiger partial charge in [0.25, 0.3) is 0 Å². The number of hydrogen-bond acceptors (Lipinski definition) is 4. The Kier molecular flexibility index (Phi) is 7.00. The Balaban J connectivity index is 1.51. The first-order valence-corrected chi connectivity index (χ1v) is 8.05. The molecule has 0 saturated carbocycles. The molecular weight excluding hydrogens is 264 g/mol. The van der Waals surface area contributed by atoms with Crippen molar-refractivity contribution in [2.24, 2.45) is 0 Å². The van der Waals surface area contributed by atoms with Crippen molar-refractivity contribution in [2.45, 2.75) is 32.3 Å². The standard InChI is InChI=1S/C17H28N2O2/c1-15-7-2-3-8-17(15)21-14-16(20)13-18-9-6-12-19-10-4-5-11-19/h2-3,7-8,16,18,20H,4-6,9-14H2,1H3. The minimum Gasteiger partial charge on any atom is -0.491 e. The van der Waals surface area contributed by atoms with E-state index in [4.69, 9.17) is 4.74 Å². The summed E-state index contributed by atoms with van der Waals surface area (Å²) in [6.45, 7) is 7.58. The van der Waals surface area contributed by atoms with Crippen molar-refractivity contribution < 1.29 is 9.84 Å². The first-order valence-electron chi connectivity index (χ1n) is 8.05. The third-order valence-electron chi connectivity index (χ3n) is 3.93. The summed E-state index contributed by atoms with van der Waals surface area (Å²) in [5, 5.41) is 13.2. The van der Waals surface area contributed by atoms with E-state index in [1.54, 1.807) is 0 Å². The lowest BCUT2D eigenvalue weighted by atomic mass is 10.2. The van der Waals surface area contributed by atoms with Crippen LogP contribution in [0.25, 0.3) is 0 Å². The highest BCUT2D eigenvalue weighted by molar-refractivity contribution is 5.31. The highest BCUT2D eigenvalue weighted by atomic mass is 16.5. The average Bonchev–Trinajstić information content (AvgIpc) is 2.99. The second kappa shape index (κ2) is 9.03. The molecule has 2 N–H and O–H groups in total. The lowest BCUT2D eigenvalue weighted by molar-refractivity contribution is 0.106. The lowest BCUT2D eigenvalue weighted by Gasteiger charge is -2.16. The topological polar surface area (TPSA) is 44.7 Å². The van der Waals surface area contributed by atoms with E-state index in [9.17, 15) is 5.11 Å². The van der Waals surface area contributed by atoms with Crippen LogP contribution in [0.2, 0.25) is 0 Å². The van der Waals surface area contributed by atoms with Gasteiger partial charge in [-0.15, -0.1) is 0 Å². The van der Waals surface area contributed by atoms with Gasteiger partial charge in [0.2, 0.25) is 0 Å². The highest BCUT2D eigenvalue weighted by Gasteiger charge is 2.10. The molecule has 21 heavy (non-hydrogen) atoms. The number of likely N-dealkylation sites (tertiary alicyclic amines) is 1. The number of nitrogens with one attached hydrogen (secondary N) is 1. The van der Waals surface area contributed by atoms with E-state index in [0.717, 1.165) is 24.3 Å². The third-order valence-corrected chi connectivity index (χ3v) is 3.93. The molecule has 2 rings (SSSR count). The minimum absolute atomic E-state index is 0.337. The van der Waals surface area contributed by atoms with Gasteiger partial charge in [-0.2, -0.15) is 0 Å². The molecular formula is C17H28N2O2. The molecule has 0 spiro atoms. The molecule has 118 valence electrons. The summed E-state index contributed by atoms with van der Waals surface area (Å²) < 4.78 is 5.64. The summed E-state index contributed by atoms with van der Waals surface area (Å²) in [5.74, 6) is 0.852. The van der Waals surface area contributed by atoms with Crippen molar-refractivity contribution in [3.05, 3.63) is 29.8 Å². The maximum atomic E-state index is 9.91. The van der Waals surface area contributed by atoms with E-state index < -0.39 is 6.10 Å². The number of aliphatic hydroxyl groups excluding tert-OH is 1. The number of benzene rings is 1. The van der Waals surface area contributed by atoms with Crippen molar-refractivity contribution in [1.82, 2.24) is 10.2 Å². The van der Waals surface area contributed by atoms with Crippen LogP contribution in [0, 0.1) is 6.92 Å². The van der Waals surface area contributed by atoms with Crippen LogP contribution in [0.5, 0.6) is 5.75 Å². The quantitative estimate of drug-likeness (QED) is 0.681. The van der Waals surface area contributed by atoms with E-state index in [2.05, 4.69) is 10.2 Å². The largest absolute Gasteiger partial charge is 0.491 e. The molecule has 1 aromatic rings. The number of aryl methyl sites for hydroxylation is 1. The predicted octanol–water partition coefficient (Wildman–Crippen LogP) is 1.81. The molecule has 1 unspecified atom stereocenters. The normalized spacial score (nSPS) is 17.0. The van der Waals surface area contributed by atoms with Gasteiger partial charge < -0.3 is 20.1 Å². The first-order chi connectivity index (χ1) is 10.3. The van der Waals surface area contributed by atoms with E-state index in [1.165, 1.54) is 32.5 Å². The highest BCUT2D eigenvalue weighted by Crippen LogP contribution is 2.16. The zero-order valence-electron chi connectivity index (χ0n) is 13.1. The van der Waals surface area contributed by atoms with E-state index in [1.807, 2.05) is 31.2 Å². The number of para-hydroxylation sites is 1. The monoisotopic (exact) mass is 292 g/mol. The number of nitrogens with zero attached hydrogens (tertiary/aromatic N) is 1. The molecule has 1 fully saturated rings. The van der Waals surface area contributed by atoms with Crippen LogP contribution in [0.4, 0.5) is 0 Å². The molecule has 1 atom stereocenters. The maximum Gasteiger partial charge on any atom is 0.122 e. The molecule has 4 heteroatoms. The average molecular weight is 292 g/mol. The smallest absolute Gasteiger partial charge is 0.122 e. The number of rotatable bonds is 9. The molecule has 1 aliphatic heterocycles. The van der Waals surface area contributed by atoms with Gasteiger partial charge >= 0.3 is 0 Å². The Labute approximate surface area is 128 Å². The summed E-state index contributed by atoms with van der Waals surface area (Å²) in [6, 6.07) is 7.88. The molecule has 0 amide bonds. The summed E-state index contributed by atoms with van der Waals surface area (Å²) in [6.07, 6.45) is 3.38. The van der Waals surface area contributed by atoms with E-state index in [0.29, 0.717) is 13.2 Å². The van der Waals surface area contributed by atoms with Crippen LogP contribution in [0.15, 0.2) is 24.3 Å². The first kappa shape index (κ1) is 16.3. The van der Waals surface area contributed by atoms with Crippen molar-refractivity contribution in [3.8, 4) is 5.75 Å². The van der Waals surface area contributed by atoms with Crippen molar-refractivity contribution in [3.63, 3.8) is 0 Å². The molecule has 1 saturated heterocycles. The molecule has 0 aliphatic carbocycles. The third kappa shape index (κ3) is 6.04. The second-order valence-corrected chi connectivity index (χ2v) is 5.84. The van der Waals surface area contributed by atoms with Gasteiger partial charge in [-0.25, -0.2) is 0 Å². The molecule has 1 aromatic carbocycles. The number of hydrogen-bond donors (Lipinski definition) is 2. The van der Waals surface area contributed by atoms with Gasteiger partial charge in [0.15, 0.2) is 0 Å². The SMILES string of the molecule is Cc1ccccc1OCC(O)CNCCCN1CCCC1. The molecule has 0 bridgehead atoms. The van der Waals surface area contributed by atoms with Crippen LogP contribution in [-0.2, 0) is 0 Å². The molecule has 4 nitrogen and oxygen atoms in total. The maximum absolute atomic E-state index is 9.91. The Morgan fingerprint density at radius 3 is 2.81 bits per heavy atom. The zero-order valence-corrected chi connectivity index (χ0v) is 13.1. The molecule has 0 radical (unpaired) electrons. The van der Waals surface area contributed by atoms with Gasteiger partial charge in [-0.1, -0.05) is 18.2 Å². The summed E-state index contributed by atoms with van der Waals surface area (Å²) in [4.78, 5) is 2.51. The number of aliphatic hydroxyl groups is 1. The van der Waals surface area contributed by atoms with Crippen LogP contribution in [-0.4, -0.2) is 55.4 Å². The van der Waals surface area contributed by atoms with Crippen molar-refractivity contribution in [1.29, 1.82) is 0 Å². The molecule has 1 aliphatic rings. The fourth-order valence-electron chi connectivity index (χ4n) is 2.67. The summed E-state index contributed by atoms with van der Waals surface area (Å²) >= 11 is 0. The minimum atomic E-state index is -0.462. The lowest BCUT2D eigenvalue weighted by Crippen LogP contribution is -2.33. The second-order valence-electron chi connectivity index (χ2n) is 5.84. The van der Waals surface area contributed by atoms with Gasteiger partial charge in [0.1, 0.15) is 18.5 Å². The van der Waals surface area contributed by atoms with Gasteiger partial charge in [0.05, 0.1) is 0 Å². The Morgan fingerprint density at radius 2 is 2.05 bits per heavy atom. The van der Waals surface area contributed by atoms with E-state index >= 15 is 0 Å². The number of ether oxygens (including phenoxy) is 1. The predicted molar refractivity (Wildman–Crippen MR) is 85.8 cm³/mol. The fourth-order valence-corrected chi connectivity index (χ4v) is 2.67. The van der Waals surface area contributed by atoms with Crippen LogP contribution in [0.1, 0.15) is 24.8 Å². The van der Waals surface area contributed by atoms with Crippen molar-refractivity contribution >= 4 is 0 Å². The van der Waals surface area contributed by atoms with Crippen molar-refractivity contribution in [2.75, 3.05) is 39.3 Å². The van der Waals surface area contributed by atoms with Gasteiger partial charge in [-0.05, 0) is 64.0 Å². The Morgan fingerprint density at radius 1 is 1.29 bits per heavy atom. The van der Waals surface area contributed by atoms with Gasteiger partial charge in [0, 0.05) is 6.54 Å². The summed E-state index contributed by atoms with van der Waals surface area (Å²) in [5.41, 5.74) is 1.10. The molecule has 1 heterocycles. The fraction of sp³-hybridized carbons (Fsp3) is 0.647. The van der Waals surface area contributed by atoms with Crippen LogP contribution < -0.4 is 10.1 Å².